The molecule has 0 saturated carbocycles. The molecule has 94 valence electrons. The Hall–Kier alpha value is -2.27. The van der Waals surface area contributed by atoms with E-state index in [4.69, 9.17) is 5.11 Å². The van der Waals surface area contributed by atoms with E-state index < -0.39 is 5.97 Å². The van der Waals surface area contributed by atoms with Gasteiger partial charge in [0.1, 0.15) is 5.01 Å². The number of nitrogens with zero attached hydrogens (tertiary/aromatic N) is 2. The summed E-state index contributed by atoms with van der Waals surface area (Å²) in [5.74, 6) is -0.862. The second-order valence-electron chi connectivity index (χ2n) is 4.13. The van der Waals surface area contributed by atoms with Crippen molar-refractivity contribution < 1.29 is 9.90 Å². The van der Waals surface area contributed by atoms with Crippen LogP contribution in [0.15, 0.2) is 41.9 Å². The summed E-state index contributed by atoms with van der Waals surface area (Å²) in [4.78, 5) is 19.3. The lowest BCUT2D eigenvalue weighted by Gasteiger charge is -1.99. The van der Waals surface area contributed by atoms with Crippen molar-refractivity contribution in [3.63, 3.8) is 0 Å². The lowest BCUT2D eigenvalue weighted by atomic mass is 10.1. The fourth-order valence-electron chi connectivity index (χ4n) is 1.88. The zero-order chi connectivity index (χ0) is 13.2. The van der Waals surface area contributed by atoms with E-state index in [0.717, 1.165) is 21.5 Å². The van der Waals surface area contributed by atoms with Gasteiger partial charge in [-0.1, -0.05) is 6.07 Å². The number of carboxylic acids is 1. The second-order valence-corrected chi connectivity index (χ2v) is 4.98. The van der Waals surface area contributed by atoms with Gasteiger partial charge in [0.25, 0.3) is 0 Å². The van der Waals surface area contributed by atoms with Gasteiger partial charge in [-0.05, 0) is 24.3 Å². The molecule has 0 fully saturated rings. The van der Waals surface area contributed by atoms with Crippen LogP contribution in [0.4, 0.5) is 0 Å². The lowest BCUT2D eigenvalue weighted by Crippen LogP contribution is -1.99. The van der Waals surface area contributed by atoms with E-state index in [0.29, 0.717) is 5.69 Å². The van der Waals surface area contributed by atoms with Crippen LogP contribution in [0.25, 0.3) is 21.5 Å². The minimum absolute atomic E-state index is 0.0361. The van der Waals surface area contributed by atoms with Crippen LogP contribution in [-0.2, 0) is 11.2 Å². The Morgan fingerprint density at radius 3 is 3.05 bits per heavy atom. The Bertz CT molecular complexity index is 752. The first-order chi connectivity index (χ1) is 9.22. The third-order valence-electron chi connectivity index (χ3n) is 2.73. The second kappa shape index (κ2) is 4.78. The number of carboxylic acid groups (broad SMARTS) is 1. The Morgan fingerprint density at radius 2 is 2.21 bits per heavy atom. The first-order valence-electron chi connectivity index (χ1n) is 5.74. The number of pyridine rings is 1. The summed E-state index contributed by atoms with van der Waals surface area (Å²) in [6, 6.07) is 9.81. The largest absolute Gasteiger partial charge is 0.481 e. The van der Waals surface area contributed by atoms with E-state index in [2.05, 4.69) is 9.97 Å². The van der Waals surface area contributed by atoms with E-state index in [1.54, 1.807) is 11.6 Å². The maximum atomic E-state index is 10.6. The Labute approximate surface area is 113 Å². The molecule has 1 N–H and O–H groups in total. The molecule has 0 aliphatic heterocycles. The number of thiazole rings is 1. The third-order valence-corrected chi connectivity index (χ3v) is 3.67. The van der Waals surface area contributed by atoms with Crippen LogP contribution in [0, 0.1) is 0 Å². The molecular formula is C14H10N2O2S. The molecule has 5 heteroatoms. The molecular weight excluding hydrogens is 260 g/mol. The highest BCUT2D eigenvalue weighted by Gasteiger charge is 2.08. The number of fused-ring (bicyclic) bond motifs is 1. The average Bonchev–Trinajstić information content (AvgIpc) is 2.86. The van der Waals surface area contributed by atoms with E-state index in [-0.39, 0.29) is 6.42 Å². The Balaban J connectivity index is 1.99. The molecule has 0 unspecified atom stereocenters. The first-order valence-corrected chi connectivity index (χ1v) is 6.62. The predicted molar refractivity (Wildman–Crippen MR) is 74.2 cm³/mol. The molecule has 1 aromatic carbocycles. The van der Waals surface area contributed by atoms with Gasteiger partial charge >= 0.3 is 5.97 Å². The maximum absolute atomic E-state index is 10.6. The highest BCUT2D eigenvalue weighted by molar-refractivity contribution is 7.13. The molecule has 4 nitrogen and oxygen atoms in total. The quantitative estimate of drug-likeness (QED) is 0.794. The smallest absolute Gasteiger partial charge is 0.309 e. The van der Waals surface area contributed by atoms with Crippen molar-refractivity contribution in [2.75, 3.05) is 0 Å². The number of aromatic nitrogens is 2. The van der Waals surface area contributed by atoms with E-state index in [9.17, 15) is 4.79 Å². The minimum Gasteiger partial charge on any atom is -0.481 e. The van der Waals surface area contributed by atoms with Gasteiger partial charge in [-0.3, -0.25) is 9.78 Å². The fourth-order valence-corrected chi connectivity index (χ4v) is 2.70. The van der Waals surface area contributed by atoms with Gasteiger partial charge in [0.2, 0.25) is 0 Å². The van der Waals surface area contributed by atoms with Crippen LogP contribution in [0.5, 0.6) is 0 Å². The molecule has 0 radical (unpaired) electrons. The molecule has 3 aromatic rings. The van der Waals surface area contributed by atoms with Crippen molar-refractivity contribution in [2.24, 2.45) is 0 Å². The molecule has 3 rings (SSSR count). The molecule has 0 atom stereocenters. The van der Waals surface area contributed by atoms with Crippen molar-refractivity contribution in [1.82, 2.24) is 9.97 Å². The van der Waals surface area contributed by atoms with E-state index in [1.807, 2.05) is 30.3 Å². The van der Waals surface area contributed by atoms with Crippen molar-refractivity contribution in [3.8, 4) is 10.6 Å². The third kappa shape index (κ3) is 2.46. The summed E-state index contributed by atoms with van der Waals surface area (Å²) < 4.78 is 0. The van der Waals surface area contributed by atoms with Crippen LogP contribution < -0.4 is 0 Å². The number of benzene rings is 1. The molecule has 0 saturated heterocycles. The van der Waals surface area contributed by atoms with Gasteiger partial charge in [-0.15, -0.1) is 11.3 Å². The SMILES string of the molecule is O=C(O)Cc1csc(-c2ccc3ncccc3c2)n1. The Kier molecular flexibility index (Phi) is 2.97. The molecule has 0 aliphatic rings. The van der Waals surface area contributed by atoms with E-state index in [1.165, 1.54) is 11.3 Å². The van der Waals surface area contributed by atoms with E-state index >= 15 is 0 Å². The predicted octanol–water partition coefficient (Wildman–Crippen LogP) is 2.99. The van der Waals surface area contributed by atoms with Crippen LogP contribution in [0.1, 0.15) is 5.69 Å². The van der Waals surface area contributed by atoms with Crippen molar-refractivity contribution in [3.05, 3.63) is 47.6 Å². The van der Waals surface area contributed by atoms with Gasteiger partial charge < -0.3 is 5.11 Å². The van der Waals surface area contributed by atoms with Crippen molar-refractivity contribution in [1.29, 1.82) is 0 Å². The first kappa shape index (κ1) is 11.8. The highest BCUT2D eigenvalue weighted by Crippen LogP contribution is 2.26. The average molecular weight is 270 g/mol. The fraction of sp³-hybridized carbons (Fsp3) is 0.0714. The lowest BCUT2D eigenvalue weighted by molar-refractivity contribution is -0.136. The summed E-state index contributed by atoms with van der Waals surface area (Å²) in [5, 5.41) is 12.4. The Morgan fingerprint density at radius 1 is 1.32 bits per heavy atom. The number of carbonyl (C=O) groups is 1. The van der Waals surface area contributed by atoms with Gasteiger partial charge in [0.15, 0.2) is 0 Å². The van der Waals surface area contributed by atoms with Gasteiger partial charge in [-0.25, -0.2) is 4.98 Å². The van der Waals surface area contributed by atoms with Crippen molar-refractivity contribution in [2.45, 2.75) is 6.42 Å². The summed E-state index contributed by atoms with van der Waals surface area (Å²) in [6.45, 7) is 0. The highest BCUT2D eigenvalue weighted by atomic mass is 32.1. The van der Waals surface area contributed by atoms with Crippen LogP contribution in [-0.4, -0.2) is 21.0 Å². The number of hydrogen-bond acceptors (Lipinski definition) is 4. The summed E-state index contributed by atoms with van der Waals surface area (Å²) in [5.41, 5.74) is 2.52. The molecule has 2 heterocycles. The van der Waals surface area contributed by atoms with Crippen LogP contribution in [0.2, 0.25) is 0 Å². The molecule has 2 aromatic heterocycles. The summed E-state index contributed by atoms with van der Waals surface area (Å²) >= 11 is 1.46. The molecule has 0 aliphatic carbocycles. The molecule has 0 spiro atoms. The molecule has 19 heavy (non-hydrogen) atoms. The topological polar surface area (TPSA) is 63.1 Å². The minimum atomic E-state index is -0.862. The van der Waals surface area contributed by atoms with Gasteiger partial charge in [0, 0.05) is 22.5 Å². The monoisotopic (exact) mass is 270 g/mol. The van der Waals surface area contributed by atoms with Gasteiger partial charge in [-0.2, -0.15) is 0 Å². The zero-order valence-electron chi connectivity index (χ0n) is 9.91. The zero-order valence-corrected chi connectivity index (χ0v) is 10.7. The molecule has 0 bridgehead atoms. The number of aliphatic carboxylic acids is 1. The summed E-state index contributed by atoms with van der Waals surface area (Å²) in [7, 11) is 0. The van der Waals surface area contributed by atoms with Crippen LogP contribution in [0.3, 0.4) is 0 Å². The normalized spacial score (nSPS) is 10.7. The number of hydrogen-bond donors (Lipinski definition) is 1. The number of rotatable bonds is 3. The molecule has 0 amide bonds. The summed E-state index contributed by atoms with van der Waals surface area (Å²) in [6.07, 6.45) is 1.72. The standard InChI is InChI=1S/C14H10N2O2S/c17-13(18)7-11-8-19-14(16-11)10-3-4-12-9(6-10)2-1-5-15-12/h1-6,8H,7H2,(H,17,18). The van der Waals surface area contributed by atoms with Gasteiger partial charge in [0.05, 0.1) is 17.6 Å². The van der Waals surface area contributed by atoms with Crippen molar-refractivity contribution >= 4 is 28.2 Å². The maximum Gasteiger partial charge on any atom is 0.309 e. The van der Waals surface area contributed by atoms with Crippen LogP contribution >= 0.6 is 11.3 Å².